The van der Waals surface area contributed by atoms with Crippen LogP contribution in [0.15, 0.2) is 30.3 Å². The average molecular weight is 255 g/mol. The molecule has 5 nitrogen and oxygen atoms in total. The fraction of sp³-hybridized carbons (Fsp3) is 0.167. The van der Waals surface area contributed by atoms with Crippen molar-refractivity contribution in [1.29, 1.82) is 0 Å². The molecule has 88 valence electrons. The molecule has 1 atom stereocenters. The minimum atomic E-state index is -1.47. The molecule has 0 saturated carbocycles. The molecule has 1 fully saturated rings. The number of para-hydroxylation sites is 1. The van der Waals surface area contributed by atoms with Crippen molar-refractivity contribution in [3.05, 3.63) is 30.3 Å². The number of carbonyl (C=O) groups is 4. The van der Waals surface area contributed by atoms with Crippen LogP contribution in [0.3, 0.4) is 0 Å². The van der Waals surface area contributed by atoms with Gasteiger partial charge in [0.25, 0.3) is 5.91 Å². The number of anilines is 1. The predicted octanol–water partition coefficient (Wildman–Crippen LogP) is -2.55. The van der Waals surface area contributed by atoms with Crippen molar-refractivity contribution >= 4 is 29.1 Å². The monoisotopic (exact) mass is 255 g/mol. The number of rotatable bonds is 2. The number of imide groups is 1. The predicted molar refractivity (Wildman–Crippen MR) is 59.2 cm³/mol. The van der Waals surface area contributed by atoms with Gasteiger partial charge in [-0.15, -0.1) is 0 Å². The fourth-order valence-corrected chi connectivity index (χ4v) is 1.76. The molecule has 6 heteroatoms. The number of amides is 2. The minimum absolute atomic E-state index is 0. The summed E-state index contributed by atoms with van der Waals surface area (Å²) in [5.41, 5.74) is 0.305. The summed E-state index contributed by atoms with van der Waals surface area (Å²) in [5.74, 6) is -4.74. The van der Waals surface area contributed by atoms with Crippen molar-refractivity contribution in [3.8, 4) is 0 Å². The van der Waals surface area contributed by atoms with Crippen LogP contribution >= 0.6 is 0 Å². The van der Waals surface area contributed by atoms with Crippen LogP contribution in [0.1, 0.15) is 8.35 Å². The van der Waals surface area contributed by atoms with Gasteiger partial charge in [0, 0.05) is 0 Å². The molecular formula is C12H10NNaO4. The van der Waals surface area contributed by atoms with E-state index in [0.29, 0.717) is 5.69 Å². The normalized spacial score (nSPS) is 18.8. The standard InChI is InChI=1S/C12H9NO4.Na.H/c1-7(14)9-10(15)12(17)13(11(9)16)8-5-3-2-4-6-8;;/h2-6,9H,1H3;;/q;+1;-1. The molecule has 2 amide bonds. The largest absolute Gasteiger partial charge is 1.00 e. The number of nitrogens with zero attached hydrogens (tertiary/aromatic N) is 1. The van der Waals surface area contributed by atoms with Crippen LogP contribution in [0.4, 0.5) is 5.69 Å². The molecule has 1 heterocycles. The van der Waals surface area contributed by atoms with E-state index in [9.17, 15) is 19.2 Å². The SMILES string of the molecule is CC(=O)C1C(=O)C(=O)N(c2ccccc2)C1=O.[H-].[Na+]. The number of hydrogen-bond acceptors (Lipinski definition) is 4. The van der Waals surface area contributed by atoms with Crippen LogP contribution in [-0.2, 0) is 19.2 Å². The summed E-state index contributed by atoms with van der Waals surface area (Å²) in [6.45, 7) is 1.13. The zero-order valence-electron chi connectivity index (χ0n) is 11.0. The molecule has 1 unspecified atom stereocenters. The van der Waals surface area contributed by atoms with E-state index >= 15 is 0 Å². The second-order valence-corrected chi connectivity index (χ2v) is 3.72. The third-order valence-corrected chi connectivity index (χ3v) is 2.56. The van der Waals surface area contributed by atoms with E-state index in [-0.39, 0.29) is 31.0 Å². The molecule has 18 heavy (non-hydrogen) atoms. The maximum absolute atomic E-state index is 11.8. The topological polar surface area (TPSA) is 71.5 Å². The number of ketones is 2. The summed E-state index contributed by atoms with van der Waals surface area (Å²) in [4.78, 5) is 46.9. The molecule has 0 aromatic heterocycles. The molecule has 0 N–H and O–H groups in total. The van der Waals surface area contributed by atoms with Crippen LogP contribution in [-0.4, -0.2) is 23.4 Å². The van der Waals surface area contributed by atoms with Crippen LogP contribution < -0.4 is 34.5 Å². The average Bonchev–Trinajstić information content (AvgIpc) is 2.51. The van der Waals surface area contributed by atoms with Crippen LogP contribution in [0.25, 0.3) is 0 Å². The summed E-state index contributed by atoms with van der Waals surface area (Å²) >= 11 is 0. The van der Waals surface area contributed by atoms with Crippen LogP contribution in [0.2, 0.25) is 0 Å². The maximum atomic E-state index is 11.8. The Bertz CT molecular complexity index is 532. The zero-order chi connectivity index (χ0) is 12.6. The van der Waals surface area contributed by atoms with Crippen LogP contribution in [0, 0.1) is 5.92 Å². The van der Waals surface area contributed by atoms with E-state index in [4.69, 9.17) is 0 Å². The third kappa shape index (κ3) is 2.29. The molecule has 1 aliphatic heterocycles. The Kier molecular flexibility index (Phi) is 4.56. The quantitative estimate of drug-likeness (QED) is 0.252. The van der Waals surface area contributed by atoms with E-state index in [2.05, 4.69) is 0 Å². The van der Waals surface area contributed by atoms with Gasteiger partial charge in [-0.1, -0.05) is 18.2 Å². The summed E-state index contributed by atoms with van der Waals surface area (Å²) < 4.78 is 0. The van der Waals surface area contributed by atoms with Gasteiger partial charge in [-0.2, -0.15) is 0 Å². The Morgan fingerprint density at radius 3 is 2.17 bits per heavy atom. The third-order valence-electron chi connectivity index (χ3n) is 2.56. The first kappa shape index (κ1) is 14.8. The van der Waals surface area contributed by atoms with Gasteiger partial charge in [-0.05, 0) is 19.1 Å². The molecule has 1 saturated heterocycles. The molecule has 1 aliphatic rings. The van der Waals surface area contributed by atoms with Gasteiger partial charge < -0.3 is 1.43 Å². The number of Topliss-reactive ketones (excluding diaryl/α,β-unsaturated/α-hetero) is 2. The van der Waals surface area contributed by atoms with E-state index in [0.717, 1.165) is 11.8 Å². The Balaban J connectivity index is 0.00000162. The molecule has 0 aliphatic carbocycles. The first-order valence-corrected chi connectivity index (χ1v) is 5.01. The first-order valence-electron chi connectivity index (χ1n) is 5.01. The molecule has 0 radical (unpaired) electrons. The van der Waals surface area contributed by atoms with E-state index in [1.165, 1.54) is 12.1 Å². The van der Waals surface area contributed by atoms with Gasteiger partial charge in [0.2, 0.25) is 5.78 Å². The Morgan fingerprint density at radius 2 is 1.72 bits per heavy atom. The zero-order valence-corrected chi connectivity index (χ0v) is 12.0. The molecule has 1 aromatic rings. The van der Waals surface area contributed by atoms with Crippen molar-refractivity contribution in [1.82, 2.24) is 0 Å². The van der Waals surface area contributed by atoms with Crippen molar-refractivity contribution in [2.75, 3.05) is 4.90 Å². The number of benzene rings is 1. The fourth-order valence-electron chi connectivity index (χ4n) is 1.76. The van der Waals surface area contributed by atoms with E-state index < -0.39 is 29.3 Å². The summed E-state index contributed by atoms with van der Waals surface area (Å²) in [6, 6.07) is 8.07. The molecule has 1 aromatic carbocycles. The first-order chi connectivity index (χ1) is 8.04. The van der Waals surface area contributed by atoms with E-state index in [1.807, 2.05) is 0 Å². The number of hydrogen-bond donors (Lipinski definition) is 0. The van der Waals surface area contributed by atoms with Crippen molar-refractivity contribution in [3.63, 3.8) is 0 Å². The number of carbonyl (C=O) groups excluding carboxylic acids is 4. The summed E-state index contributed by atoms with van der Waals surface area (Å²) in [5, 5.41) is 0. The Morgan fingerprint density at radius 1 is 1.17 bits per heavy atom. The van der Waals surface area contributed by atoms with Crippen LogP contribution in [0.5, 0.6) is 0 Å². The Hall–Kier alpha value is -1.30. The van der Waals surface area contributed by atoms with Gasteiger partial charge in [-0.3, -0.25) is 19.2 Å². The van der Waals surface area contributed by atoms with Crippen molar-refractivity contribution in [2.45, 2.75) is 6.92 Å². The van der Waals surface area contributed by atoms with Gasteiger partial charge in [0.15, 0.2) is 5.92 Å². The molecule has 0 bridgehead atoms. The Labute approximate surface area is 127 Å². The maximum Gasteiger partial charge on any atom is 1.00 e. The second-order valence-electron chi connectivity index (χ2n) is 3.72. The summed E-state index contributed by atoms with van der Waals surface area (Å²) in [7, 11) is 0. The molecular weight excluding hydrogens is 245 g/mol. The minimum Gasteiger partial charge on any atom is -1.00 e. The summed E-state index contributed by atoms with van der Waals surface area (Å²) in [6.07, 6.45) is 0. The van der Waals surface area contributed by atoms with E-state index in [1.54, 1.807) is 18.2 Å². The molecule has 2 rings (SSSR count). The van der Waals surface area contributed by atoms with Gasteiger partial charge >= 0.3 is 35.5 Å². The van der Waals surface area contributed by atoms with Gasteiger partial charge in [-0.25, -0.2) is 4.90 Å². The van der Waals surface area contributed by atoms with Gasteiger partial charge in [0.1, 0.15) is 5.78 Å². The smallest absolute Gasteiger partial charge is 1.00 e. The second kappa shape index (κ2) is 5.56. The molecule has 0 spiro atoms. The van der Waals surface area contributed by atoms with Crippen molar-refractivity contribution in [2.24, 2.45) is 5.92 Å². The van der Waals surface area contributed by atoms with Crippen molar-refractivity contribution < 1.29 is 50.2 Å². The van der Waals surface area contributed by atoms with Gasteiger partial charge in [0.05, 0.1) is 5.69 Å².